The van der Waals surface area contributed by atoms with E-state index in [9.17, 15) is 9.59 Å². The Kier molecular flexibility index (Phi) is 10.5. The summed E-state index contributed by atoms with van der Waals surface area (Å²) in [5.74, 6) is 1.66. The number of hydrogen-bond acceptors (Lipinski definition) is 8. The SMILES string of the molecule is COc1cccc(CN(C)C(=O)C=Cc2cnc3c(c2)CN(CCCN2CCOCC2)CC(=O)N3)c1OC(C)C. The Bertz CT molecular complexity index is 1200. The van der Waals surface area contributed by atoms with Crippen molar-refractivity contribution in [1.82, 2.24) is 19.7 Å². The topological polar surface area (TPSA) is 96.5 Å². The van der Waals surface area contributed by atoms with Crippen LogP contribution in [0.1, 0.15) is 37.0 Å². The Balaban J connectivity index is 1.38. The van der Waals surface area contributed by atoms with Gasteiger partial charge in [-0.2, -0.15) is 0 Å². The zero-order chi connectivity index (χ0) is 28.5. The van der Waals surface area contributed by atoms with Gasteiger partial charge in [0.25, 0.3) is 0 Å². The average Bonchev–Trinajstić information content (AvgIpc) is 3.09. The molecule has 1 aromatic heterocycles. The van der Waals surface area contributed by atoms with E-state index in [1.165, 1.54) is 0 Å². The maximum absolute atomic E-state index is 13.0. The summed E-state index contributed by atoms with van der Waals surface area (Å²) in [6.45, 7) is 10.5. The lowest BCUT2D eigenvalue weighted by molar-refractivity contribution is -0.125. The molecule has 0 atom stereocenters. The molecule has 0 unspecified atom stereocenters. The lowest BCUT2D eigenvalue weighted by Crippen LogP contribution is -2.38. The molecule has 2 aliphatic rings. The number of rotatable bonds is 11. The second-order valence-corrected chi connectivity index (χ2v) is 10.5. The van der Waals surface area contributed by atoms with Crippen molar-refractivity contribution >= 4 is 23.7 Å². The van der Waals surface area contributed by atoms with Gasteiger partial charge >= 0.3 is 0 Å². The smallest absolute Gasteiger partial charge is 0.246 e. The molecule has 2 aromatic rings. The molecular weight excluding hydrogens is 510 g/mol. The third-order valence-corrected chi connectivity index (χ3v) is 6.90. The van der Waals surface area contributed by atoms with Gasteiger partial charge < -0.3 is 24.4 Å². The molecular formula is C30H41N5O5. The first kappa shape index (κ1) is 29.5. The minimum atomic E-state index is -0.147. The number of ether oxygens (including phenoxy) is 3. The maximum atomic E-state index is 13.0. The standard InChI is InChI=1S/C30H41N5O5/c1-22(2)40-29-24(7-5-8-26(29)38-4)19-33(3)28(37)10-9-23-17-25-20-35(21-27(36)32-30(25)31-18-23)12-6-11-34-13-15-39-16-14-34/h5,7-10,17-18,22H,6,11-16,19-21H2,1-4H3,(H,31,32,36). The van der Waals surface area contributed by atoms with Gasteiger partial charge in [0.15, 0.2) is 11.5 Å². The van der Waals surface area contributed by atoms with E-state index in [1.54, 1.807) is 37.4 Å². The number of carbonyl (C=O) groups is 2. The van der Waals surface area contributed by atoms with Gasteiger partial charge in [-0.25, -0.2) is 4.98 Å². The Morgan fingerprint density at radius 1 is 1.20 bits per heavy atom. The third-order valence-electron chi connectivity index (χ3n) is 6.90. The van der Waals surface area contributed by atoms with Crippen molar-refractivity contribution in [2.75, 3.05) is 65.4 Å². The van der Waals surface area contributed by atoms with Crippen LogP contribution in [0.15, 0.2) is 36.5 Å². The number of anilines is 1. The first-order valence-electron chi connectivity index (χ1n) is 13.9. The van der Waals surface area contributed by atoms with Crippen LogP contribution in [-0.2, 0) is 27.4 Å². The van der Waals surface area contributed by atoms with Crippen LogP contribution in [0.2, 0.25) is 0 Å². The number of nitrogens with zero attached hydrogens (tertiary/aromatic N) is 4. The lowest BCUT2D eigenvalue weighted by Gasteiger charge is -2.27. The van der Waals surface area contributed by atoms with Gasteiger partial charge in [0.2, 0.25) is 11.8 Å². The van der Waals surface area contributed by atoms with E-state index in [2.05, 4.69) is 20.1 Å². The number of amides is 2. The van der Waals surface area contributed by atoms with Crippen molar-refractivity contribution in [2.24, 2.45) is 0 Å². The molecule has 0 aliphatic carbocycles. The van der Waals surface area contributed by atoms with Crippen LogP contribution in [-0.4, -0.2) is 97.7 Å². The zero-order valence-corrected chi connectivity index (χ0v) is 24.0. The molecule has 1 saturated heterocycles. The average molecular weight is 552 g/mol. The first-order valence-corrected chi connectivity index (χ1v) is 13.9. The lowest BCUT2D eigenvalue weighted by atomic mass is 10.1. The van der Waals surface area contributed by atoms with Crippen molar-refractivity contribution in [3.63, 3.8) is 0 Å². The summed E-state index contributed by atoms with van der Waals surface area (Å²) in [6.07, 6.45) is 5.93. The maximum Gasteiger partial charge on any atom is 0.246 e. The molecule has 10 nitrogen and oxygen atoms in total. The molecule has 4 rings (SSSR count). The predicted molar refractivity (Wildman–Crippen MR) is 154 cm³/mol. The van der Waals surface area contributed by atoms with E-state index in [0.29, 0.717) is 37.0 Å². The molecule has 1 N–H and O–H groups in total. The molecule has 0 bridgehead atoms. The Morgan fingerprint density at radius 3 is 2.73 bits per heavy atom. The molecule has 40 heavy (non-hydrogen) atoms. The van der Waals surface area contributed by atoms with Crippen molar-refractivity contribution in [3.8, 4) is 11.5 Å². The number of fused-ring (bicyclic) bond motifs is 1. The fraction of sp³-hybridized carbons (Fsp3) is 0.500. The van der Waals surface area contributed by atoms with E-state index in [4.69, 9.17) is 14.2 Å². The summed E-state index contributed by atoms with van der Waals surface area (Å²) in [5, 5.41) is 2.92. The van der Waals surface area contributed by atoms with Crippen LogP contribution in [0.25, 0.3) is 6.08 Å². The minimum Gasteiger partial charge on any atom is -0.493 e. The van der Waals surface area contributed by atoms with Gasteiger partial charge in [0.1, 0.15) is 5.82 Å². The summed E-state index contributed by atoms with van der Waals surface area (Å²) in [6, 6.07) is 7.66. The number of likely N-dealkylation sites (N-methyl/N-ethyl adjacent to an activating group) is 1. The molecule has 1 aromatic carbocycles. The van der Waals surface area contributed by atoms with Crippen molar-refractivity contribution in [3.05, 3.63) is 53.2 Å². The second kappa shape index (κ2) is 14.2. The largest absolute Gasteiger partial charge is 0.493 e. The van der Waals surface area contributed by atoms with Crippen molar-refractivity contribution in [2.45, 2.75) is 39.5 Å². The number of aromatic nitrogens is 1. The van der Waals surface area contributed by atoms with Gasteiger partial charge in [-0.05, 0) is 50.6 Å². The van der Waals surface area contributed by atoms with E-state index in [1.807, 2.05) is 38.1 Å². The summed E-state index contributed by atoms with van der Waals surface area (Å²) in [7, 11) is 3.36. The van der Waals surface area contributed by atoms with E-state index in [-0.39, 0.29) is 17.9 Å². The number of para-hydroxylation sites is 1. The van der Waals surface area contributed by atoms with Gasteiger partial charge in [-0.3, -0.25) is 19.4 Å². The Hall–Kier alpha value is -3.47. The number of hydrogen-bond donors (Lipinski definition) is 1. The van der Waals surface area contributed by atoms with Crippen LogP contribution < -0.4 is 14.8 Å². The molecule has 0 radical (unpaired) electrons. The molecule has 0 spiro atoms. The Labute approximate surface area is 236 Å². The monoisotopic (exact) mass is 551 g/mol. The van der Waals surface area contributed by atoms with Crippen LogP contribution in [0.3, 0.4) is 0 Å². The quantitative estimate of drug-likeness (QED) is 0.426. The zero-order valence-electron chi connectivity index (χ0n) is 24.0. The number of pyridine rings is 1. The summed E-state index contributed by atoms with van der Waals surface area (Å²) in [5.41, 5.74) is 2.61. The second-order valence-electron chi connectivity index (χ2n) is 10.5. The highest BCUT2D eigenvalue weighted by Gasteiger charge is 2.21. The molecule has 0 saturated carbocycles. The van der Waals surface area contributed by atoms with Gasteiger partial charge in [-0.1, -0.05) is 12.1 Å². The number of benzene rings is 1. The summed E-state index contributed by atoms with van der Waals surface area (Å²) >= 11 is 0. The van der Waals surface area contributed by atoms with Crippen LogP contribution in [0.5, 0.6) is 11.5 Å². The highest BCUT2D eigenvalue weighted by Crippen LogP contribution is 2.32. The highest BCUT2D eigenvalue weighted by molar-refractivity contribution is 5.93. The minimum absolute atomic E-state index is 0.0258. The van der Waals surface area contributed by atoms with Gasteiger partial charge in [-0.15, -0.1) is 0 Å². The Morgan fingerprint density at radius 2 is 1.98 bits per heavy atom. The van der Waals surface area contributed by atoms with Gasteiger partial charge in [0, 0.05) is 63.2 Å². The van der Waals surface area contributed by atoms with E-state index >= 15 is 0 Å². The van der Waals surface area contributed by atoms with Crippen molar-refractivity contribution in [1.29, 1.82) is 0 Å². The molecule has 3 heterocycles. The van der Waals surface area contributed by atoms with Crippen LogP contribution in [0.4, 0.5) is 5.82 Å². The highest BCUT2D eigenvalue weighted by atomic mass is 16.5. The van der Waals surface area contributed by atoms with Crippen LogP contribution in [0, 0.1) is 0 Å². The number of carbonyl (C=O) groups excluding carboxylic acids is 2. The normalized spacial score (nSPS) is 16.5. The number of nitrogens with one attached hydrogen (secondary N) is 1. The van der Waals surface area contributed by atoms with Crippen LogP contribution >= 0.6 is 0 Å². The third kappa shape index (κ3) is 8.27. The first-order chi connectivity index (χ1) is 19.3. The van der Waals surface area contributed by atoms with Crippen molar-refractivity contribution < 1.29 is 23.8 Å². The van der Waals surface area contributed by atoms with E-state index < -0.39 is 0 Å². The molecule has 216 valence electrons. The fourth-order valence-electron chi connectivity index (χ4n) is 4.87. The number of methoxy groups -OCH3 is 1. The van der Waals surface area contributed by atoms with E-state index in [0.717, 1.165) is 62.5 Å². The molecule has 1 fully saturated rings. The predicted octanol–water partition coefficient (Wildman–Crippen LogP) is 3.03. The number of morpholine rings is 1. The molecule has 10 heteroatoms. The van der Waals surface area contributed by atoms with Gasteiger partial charge in [0.05, 0.1) is 33.0 Å². The summed E-state index contributed by atoms with van der Waals surface area (Å²) < 4.78 is 16.9. The molecule has 2 amide bonds. The summed E-state index contributed by atoms with van der Waals surface area (Å²) in [4.78, 5) is 36.1. The fourth-order valence-corrected chi connectivity index (χ4v) is 4.87. The molecule has 2 aliphatic heterocycles.